The minimum absolute atomic E-state index is 0.00734. The molecule has 0 unspecified atom stereocenters. The molecule has 0 fully saturated rings. The van der Waals surface area contributed by atoms with Crippen molar-refractivity contribution in [2.24, 2.45) is 0 Å². The number of hydrogen-bond acceptors (Lipinski definition) is 10. The van der Waals surface area contributed by atoms with Crippen LogP contribution in [0.4, 0.5) is 9.59 Å². The number of carbonyl (C=O) groups is 4. The largest absolute Gasteiger partial charge is 0.480 e. The molecule has 0 radical (unpaired) electrons. The number of hydrogen-bond donors (Lipinski definition) is 3. The summed E-state index contributed by atoms with van der Waals surface area (Å²) < 4.78 is 10.6. The van der Waals surface area contributed by atoms with Gasteiger partial charge in [-0.25, -0.2) is 14.4 Å². The molecule has 0 saturated heterocycles. The number of benzene rings is 2. The van der Waals surface area contributed by atoms with Gasteiger partial charge in [0.25, 0.3) is 0 Å². The maximum Gasteiger partial charge on any atom is 0.408 e. The van der Waals surface area contributed by atoms with Crippen molar-refractivity contribution in [3.8, 4) is 0 Å². The van der Waals surface area contributed by atoms with Gasteiger partial charge in [0.2, 0.25) is 5.91 Å². The number of amides is 3. The molecule has 3 amide bonds. The Balaban J connectivity index is 1.40. The highest BCUT2D eigenvalue weighted by Gasteiger charge is 2.29. The highest BCUT2D eigenvalue weighted by molar-refractivity contribution is 8.76. The number of carboxylic acid groups (broad SMARTS) is 1. The Bertz CT molecular complexity index is 1550. The SMILES string of the molecule is O=C(N[C@@H](CSSC[C@H](NC(=O)OCc1ccccc1)C(=O)N(Cc1ccccn1)Cc1ccccn1)C(=O)O)OCc1ccccc1. The van der Waals surface area contributed by atoms with Crippen LogP contribution in [0.3, 0.4) is 0 Å². The molecule has 4 aromatic rings. The standard InChI is InChI=1S/C34H35N5O7S2/c40-31(39(19-27-15-7-9-17-35-27)20-28-16-8-10-18-36-28)29(37-33(43)45-21-25-11-3-1-4-12-25)23-47-48-24-30(32(41)42)38-34(44)46-22-26-13-5-2-6-14-26/h1-18,29-30H,19-24H2,(H,37,43)(H,38,44)(H,41,42)/t29-,30-/m0/s1. The molecule has 2 aromatic carbocycles. The molecule has 48 heavy (non-hydrogen) atoms. The average molecular weight is 690 g/mol. The first-order valence-electron chi connectivity index (χ1n) is 14.9. The number of pyridine rings is 2. The molecule has 2 atom stereocenters. The van der Waals surface area contributed by atoms with Crippen LogP contribution in [0.2, 0.25) is 0 Å². The number of aromatic nitrogens is 2. The molecule has 0 aliphatic carbocycles. The van der Waals surface area contributed by atoms with Crippen LogP contribution in [0, 0.1) is 0 Å². The molecule has 2 aromatic heterocycles. The molecule has 3 N–H and O–H groups in total. The zero-order valence-corrected chi connectivity index (χ0v) is 27.5. The van der Waals surface area contributed by atoms with Gasteiger partial charge in [-0.15, -0.1) is 0 Å². The van der Waals surface area contributed by atoms with E-state index in [1.807, 2.05) is 48.5 Å². The van der Waals surface area contributed by atoms with Crippen molar-refractivity contribution < 1.29 is 33.8 Å². The highest BCUT2D eigenvalue weighted by Crippen LogP contribution is 2.24. The third-order valence-corrected chi connectivity index (χ3v) is 9.05. The maximum absolute atomic E-state index is 14.0. The van der Waals surface area contributed by atoms with E-state index in [0.717, 1.165) is 21.9 Å². The third-order valence-electron chi connectivity index (χ3n) is 6.63. The van der Waals surface area contributed by atoms with E-state index in [1.165, 1.54) is 10.8 Å². The predicted molar refractivity (Wildman–Crippen MR) is 182 cm³/mol. The number of alkyl carbamates (subject to hydrolysis) is 2. The van der Waals surface area contributed by atoms with Gasteiger partial charge in [-0.3, -0.25) is 14.8 Å². The van der Waals surface area contributed by atoms with Gasteiger partial charge in [-0.1, -0.05) is 94.4 Å². The molecule has 0 bridgehead atoms. The van der Waals surface area contributed by atoms with Crippen molar-refractivity contribution >= 4 is 45.7 Å². The fourth-order valence-corrected chi connectivity index (χ4v) is 6.51. The Morgan fingerprint density at radius 1 is 0.646 bits per heavy atom. The van der Waals surface area contributed by atoms with Gasteiger partial charge in [0.15, 0.2) is 0 Å². The van der Waals surface area contributed by atoms with E-state index in [-0.39, 0.29) is 37.8 Å². The van der Waals surface area contributed by atoms with Crippen LogP contribution in [-0.4, -0.2) is 67.6 Å². The van der Waals surface area contributed by atoms with Crippen LogP contribution in [0.15, 0.2) is 109 Å². The molecule has 4 rings (SSSR count). The van der Waals surface area contributed by atoms with Gasteiger partial charge in [0.1, 0.15) is 25.3 Å². The maximum atomic E-state index is 14.0. The second kappa shape index (κ2) is 19.6. The van der Waals surface area contributed by atoms with Gasteiger partial charge in [0, 0.05) is 23.9 Å². The third kappa shape index (κ3) is 12.6. The minimum atomic E-state index is -1.26. The topological polar surface area (TPSA) is 160 Å². The Hall–Kier alpha value is -5.08. The molecule has 0 spiro atoms. The van der Waals surface area contributed by atoms with E-state index in [9.17, 15) is 24.3 Å². The van der Waals surface area contributed by atoms with E-state index < -0.39 is 36.1 Å². The lowest BCUT2D eigenvalue weighted by Crippen LogP contribution is -2.49. The van der Waals surface area contributed by atoms with E-state index in [1.54, 1.807) is 65.8 Å². The number of nitrogens with one attached hydrogen (secondary N) is 2. The molecule has 14 heteroatoms. The van der Waals surface area contributed by atoms with Crippen molar-refractivity contribution in [2.75, 3.05) is 11.5 Å². The lowest BCUT2D eigenvalue weighted by molar-refractivity contribution is -0.138. The number of aliphatic carboxylic acids is 1. The van der Waals surface area contributed by atoms with Gasteiger partial charge in [0.05, 0.1) is 24.5 Å². The van der Waals surface area contributed by atoms with Crippen LogP contribution >= 0.6 is 21.6 Å². The molecule has 12 nitrogen and oxygen atoms in total. The van der Waals surface area contributed by atoms with Crippen molar-refractivity contribution in [2.45, 2.75) is 38.4 Å². The molecule has 0 saturated carbocycles. The minimum Gasteiger partial charge on any atom is -0.480 e. The first kappa shape index (κ1) is 35.8. The van der Waals surface area contributed by atoms with Crippen LogP contribution in [0.1, 0.15) is 22.5 Å². The van der Waals surface area contributed by atoms with Crippen LogP contribution in [-0.2, 0) is 45.4 Å². The Labute approximate surface area is 286 Å². The van der Waals surface area contributed by atoms with Crippen molar-refractivity contribution in [1.82, 2.24) is 25.5 Å². The second-order valence-electron chi connectivity index (χ2n) is 10.3. The number of ether oxygens (including phenoxy) is 2. The Kier molecular flexibility index (Phi) is 14.6. The molecular weight excluding hydrogens is 655 g/mol. The van der Waals surface area contributed by atoms with Crippen molar-refractivity contribution in [1.29, 1.82) is 0 Å². The number of rotatable bonds is 17. The first-order valence-corrected chi connectivity index (χ1v) is 17.4. The van der Waals surface area contributed by atoms with Crippen molar-refractivity contribution in [3.63, 3.8) is 0 Å². The summed E-state index contributed by atoms with van der Waals surface area (Å²) in [4.78, 5) is 61.4. The Morgan fingerprint density at radius 2 is 1.08 bits per heavy atom. The van der Waals surface area contributed by atoms with Gasteiger partial charge in [-0.05, 0) is 35.4 Å². The molecular formula is C34H35N5O7S2. The average Bonchev–Trinajstić information content (AvgIpc) is 3.11. The summed E-state index contributed by atoms with van der Waals surface area (Å²) in [6.07, 6.45) is 1.61. The Morgan fingerprint density at radius 3 is 1.52 bits per heavy atom. The highest BCUT2D eigenvalue weighted by atomic mass is 33.1. The predicted octanol–water partition coefficient (Wildman–Crippen LogP) is 5.06. The second-order valence-corrected chi connectivity index (χ2v) is 12.8. The summed E-state index contributed by atoms with van der Waals surface area (Å²) in [6.45, 7) is 0.306. The molecule has 2 heterocycles. The number of nitrogens with zero attached hydrogens (tertiary/aromatic N) is 3. The lowest BCUT2D eigenvalue weighted by Gasteiger charge is -2.27. The van der Waals surface area contributed by atoms with Gasteiger partial charge >= 0.3 is 18.2 Å². The quantitative estimate of drug-likeness (QED) is 0.100. The first-order chi connectivity index (χ1) is 23.4. The molecule has 0 aliphatic heterocycles. The molecule has 0 aliphatic rings. The summed E-state index contributed by atoms with van der Waals surface area (Å²) >= 11 is 0. The van der Waals surface area contributed by atoms with E-state index >= 15 is 0 Å². The van der Waals surface area contributed by atoms with Crippen molar-refractivity contribution in [3.05, 3.63) is 132 Å². The summed E-state index contributed by atoms with van der Waals surface area (Å²) in [6, 6.07) is 26.6. The van der Waals surface area contributed by atoms with E-state index in [0.29, 0.717) is 11.4 Å². The zero-order chi connectivity index (χ0) is 34.0. The lowest BCUT2D eigenvalue weighted by atomic mass is 10.2. The van der Waals surface area contributed by atoms with Crippen LogP contribution < -0.4 is 10.6 Å². The fraction of sp³-hybridized carbons (Fsp3) is 0.235. The summed E-state index contributed by atoms with van der Waals surface area (Å²) in [5.74, 6) is -1.62. The zero-order valence-electron chi connectivity index (χ0n) is 25.8. The smallest absolute Gasteiger partial charge is 0.408 e. The summed E-state index contributed by atoms with van der Waals surface area (Å²) in [5, 5.41) is 14.7. The van der Waals surface area contributed by atoms with Crippen LogP contribution in [0.5, 0.6) is 0 Å². The fourth-order valence-electron chi connectivity index (χ4n) is 4.20. The van der Waals surface area contributed by atoms with Gasteiger partial charge in [-0.2, -0.15) is 0 Å². The van der Waals surface area contributed by atoms with E-state index in [2.05, 4.69) is 20.6 Å². The summed E-state index contributed by atoms with van der Waals surface area (Å²) in [5.41, 5.74) is 2.82. The van der Waals surface area contributed by atoms with Crippen LogP contribution in [0.25, 0.3) is 0 Å². The molecule has 250 valence electrons. The monoisotopic (exact) mass is 689 g/mol. The van der Waals surface area contributed by atoms with Gasteiger partial charge < -0.3 is 30.1 Å². The normalized spacial score (nSPS) is 11.8. The number of carboxylic acids is 1. The number of carbonyl (C=O) groups excluding carboxylic acids is 3. The summed E-state index contributed by atoms with van der Waals surface area (Å²) in [7, 11) is 2.30. The van der Waals surface area contributed by atoms with E-state index in [4.69, 9.17) is 9.47 Å².